The summed E-state index contributed by atoms with van der Waals surface area (Å²) in [5.41, 5.74) is 0.756. The number of fused-ring (bicyclic) bond motifs is 1. The summed E-state index contributed by atoms with van der Waals surface area (Å²) in [4.78, 5) is 15.6. The molecule has 0 aliphatic heterocycles. The molecule has 2 aromatic heterocycles. The number of rotatable bonds is 7. The lowest BCUT2D eigenvalue weighted by Gasteiger charge is -2.08. The number of carboxylic acid groups (broad SMARTS) is 1. The lowest BCUT2D eigenvalue weighted by Crippen LogP contribution is -2.10. The van der Waals surface area contributed by atoms with Crippen molar-refractivity contribution < 1.29 is 15.0 Å². The second-order valence-corrected chi connectivity index (χ2v) is 4.90. The molecule has 0 aromatic carbocycles. The van der Waals surface area contributed by atoms with Crippen LogP contribution in [0.25, 0.3) is 5.65 Å². The highest BCUT2D eigenvalue weighted by atomic mass is 16.4. The molecule has 2 rings (SSSR count). The Morgan fingerprint density at radius 1 is 1.50 bits per heavy atom. The Hall–Kier alpha value is -2.08. The van der Waals surface area contributed by atoms with Gasteiger partial charge in [0.25, 0.3) is 0 Å². The topological polar surface area (TPSA) is 86.9 Å². The number of hydrogen-bond acceptors (Lipinski definition) is 4. The van der Waals surface area contributed by atoms with Crippen LogP contribution in [0.5, 0.6) is 0 Å². The molecule has 0 fully saturated rings. The number of pyridine rings is 1. The van der Waals surface area contributed by atoms with Gasteiger partial charge in [-0.25, -0.2) is 9.78 Å². The fourth-order valence-corrected chi connectivity index (χ4v) is 2.07. The summed E-state index contributed by atoms with van der Waals surface area (Å²) in [6.07, 6.45) is 3.43. The highest BCUT2D eigenvalue weighted by Crippen LogP contribution is 2.17. The van der Waals surface area contributed by atoms with E-state index in [1.54, 1.807) is 22.7 Å². The number of aliphatic hydroxyl groups excluding tert-OH is 1. The largest absolute Gasteiger partial charge is 0.476 e. The molecule has 3 N–H and O–H groups in total. The van der Waals surface area contributed by atoms with Crippen molar-refractivity contribution in [2.75, 3.05) is 18.5 Å². The summed E-state index contributed by atoms with van der Waals surface area (Å²) >= 11 is 0. The van der Waals surface area contributed by atoms with Gasteiger partial charge in [-0.15, -0.1) is 0 Å². The van der Waals surface area contributed by atoms with E-state index >= 15 is 0 Å². The summed E-state index contributed by atoms with van der Waals surface area (Å²) in [5, 5.41) is 21.3. The molecule has 0 bridgehead atoms. The fraction of sp³-hybridized carbons (Fsp3) is 0.429. The lowest BCUT2D eigenvalue weighted by atomic mass is 10.1. The van der Waals surface area contributed by atoms with E-state index in [1.165, 1.54) is 0 Å². The Kier molecular flexibility index (Phi) is 4.57. The SMILES string of the molecule is CC(CO)CCCNc1nc2ccccn2c1C(=O)O. The van der Waals surface area contributed by atoms with Gasteiger partial charge in [0.1, 0.15) is 5.65 Å². The number of aliphatic hydroxyl groups is 1. The van der Waals surface area contributed by atoms with E-state index in [1.807, 2.05) is 13.0 Å². The molecule has 0 spiro atoms. The van der Waals surface area contributed by atoms with Gasteiger partial charge in [0.05, 0.1) is 0 Å². The molecule has 1 atom stereocenters. The number of carboxylic acids is 1. The molecule has 1 unspecified atom stereocenters. The van der Waals surface area contributed by atoms with Gasteiger partial charge >= 0.3 is 5.97 Å². The Morgan fingerprint density at radius 3 is 3.00 bits per heavy atom. The molecule has 0 saturated carbocycles. The van der Waals surface area contributed by atoms with Crippen molar-refractivity contribution in [3.05, 3.63) is 30.1 Å². The minimum absolute atomic E-state index is 0.149. The predicted molar refractivity (Wildman–Crippen MR) is 76.1 cm³/mol. The van der Waals surface area contributed by atoms with Gasteiger partial charge < -0.3 is 15.5 Å². The number of nitrogens with one attached hydrogen (secondary N) is 1. The third-order valence-corrected chi connectivity index (χ3v) is 3.21. The van der Waals surface area contributed by atoms with Crippen molar-refractivity contribution in [2.45, 2.75) is 19.8 Å². The molecule has 2 heterocycles. The first-order valence-corrected chi connectivity index (χ1v) is 6.68. The van der Waals surface area contributed by atoms with Gasteiger partial charge in [0.2, 0.25) is 0 Å². The molecule has 0 amide bonds. The molecule has 0 aliphatic rings. The first-order valence-electron chi connectivity index (χ1n) is 6.68. The van der Waals surface area contributed by atoms with Gasteiger partial charge in [-0.2, -0.15) is 0 Å². The van der Waals surface area contributed by atoms with Crippen molar-refractivity contribution in [2.24, 2.45) is 5.92 Å². The minimum Gasteiger partial charge on any atom is -0.476 e. The average Bonchev–Trinajstić information content (AvgIpc) is 2.81. The summed E-state index contributed by atoms with van der Waals surface area (Å²) in [6.45, 7) is 2.79. The number of carbonyl (C=O) groups is 1. The first-order chi connectivity index (χ1) is 9.63. The second kappa shape index (κ2) is 6.38. The smallest absolute Gasteiger partial charge is 0.356 e. The van der Waals surface area contributed by atoms with Crippen LogP contribution < -0.4 is 5.32 Å². The number of imidazole rings is 1. The van der Waals surface area contributed by atoms with Gasteiger partial charge in [0.15, 0.2) is 11.5 Å². The molecular formula is C14H19N3O3. The van der Waals surface area contributed by atoms with Crippen molar-refractivity contribution in [1.82, 2.24) is 9.38 Å². The number of aromatic carboxylic acids is 1. The van der Waals surface area contributed by atoms with Crippen molar-refractivity contribution >= 4 is 17.4 Å². The molecule has 20 heavy (non-hydrogen) atoms. The van der Waals surface area contributed by atoms with E-state index in [0.29, 0.717) is 18.0 Å². The Balaban J connectivity index is 2.09. The van der Waals surface area contributed by atoms with E-state index in [2.05, 4.69) is 10.3 Å². The fourth-order valence-electron chi connectivity index (χ4n) is 2.07. The van der Waals surface area contributed by atoms with Crippen molar-refractivity contribution in [3.8, 4) is 0 Å². The Morgan fingerprint density at radius 2 is 2.30 bits per heavy atom. The summed E-state index contributed by atoms with van der Waals surface area (Å²) in [7, 11) is 0. The maximum atomic E-state index is 11.4. The highest BCUT2D eigenvalue weighted by Gasteiger charge is 2.17. The van der Waals surface area contributed by atoms with Crippen LogP contribution in [0.4, 0.5) is 5.82 Å². The molecule has 0 saturated heterocycles. The molecule has 6 heteroatoms. The predicted octanol–water partition coefficient (Wildman–Crippen LogP) is 1.85. The number of aromatic nitrogens is 2. The van der Waals surface area contributed by atoms with Crippen LogP contribution in [-0.2, 0) is 0 Å². The van der Waals surface area contributed by atoms with Crippen molar-refractivity contribution in [1.29, 1.82) is 0 Å². The van der Waals surface area contributed by atoms with E-state index < -0.39 is 5.97 Å². The van der Waals surface area contributed by atoms with Gasteiger partial charge in [-0.3, -0.25) is 4.40 Å². The van der Waals surface area contributed by atoms with Gasteiger partial charge in [-0.05, 0) is 30.9 Å². The molecule has 6 nitrogen and oxygen atoms in total. The molecule has 2 aromatic rings. The van der Waals surface area contributed by atoms with Gasteiger partial charge in [-0.1, -0.05) is 13.0 Å². The first kappa shape index (κ1) is 14.3. The zero-order valence-electron chi connectivity index (χ0n) is 11.4. The zero-order valence-corrected chi connectivity index (χ0v) is 11.4. The normalized spacial score (nSPS) is 12.5. The quantitative estimate of drug-likeness (QED) is 0.672. The third-order valence-electron chi connectivity index (χ3n) is 3.21. The summed E-state index contributed by atoms with van der Waals surface area (Å²) in [6, 6.07) is 5.36. The van der Waals surface area contributed by atoms with E-state index in [4.69, 9.17) is 5.11 Å². The molecule has 0 aliphatic carbocycles. The minimum atomic E-state index is -1.00. The summed E-state index contributed by atoms with van der Waals surface area (Å²) < 4.78 is 1.56. The number of hydrogen-bond donors (Lipinski definition) is 3. The monoisotopic (exact) mass is 277 g/mol. The Labute approximate surface area is 117 Å². The number of nitrogens with zero attached hydrogens (tertiary/aromatic N) is 2. The van der Waals surface area contributed by atoms with Crippen LogP contribution in [-0.4, -0.2) is 38.7 Å². The second-order valence-electron chi connectivity index (χ2n) is 4.90. The van der Waals surface area contributed by atoms with E-state index in [9.17, 15) is 9.90 Å². The van der Waals surface area contributed by atoms with Crippen LogP contribution in [0.1, 0.15) is 30.3 Å². The Bertz CT molecular complexity index is 594. The molecule has 108 valence electrons. The maximum absolute atomic E-state index is 11.4. The summed E-state index contributed by atoms with van der Waals surface area (Å²) in [5.74, 6) is -0.355. The highest BCUT2D eigenvalue weighted by molar-refractivity contribution is 5.92. The number of anilines is 1. The average molecular weight is 277 g/mol. The zero-order chi connectivity index (χ0) is 14.5. The van der Waals surface area contributed by atoms with Crippen LogP contribution in [0.2, 0.25) is 0 Å². The van der Waals surface area contributed by atoms with Crippen LogP contribution in [0.3, 0.4) is 0 Å². The lowest BCUT2D eigenvalue weighted by molar-refractivity contribution is 0.0690. The van der Waals surface area contributed by atoms with Crippen LogP contribution in [0, 0.1) is 5.92 Å². The van der Waals surface area contributed by atoms with Crippen LogP contribution >= 0.6 is 0 Å². The van der Waals surface area contributed by atoms with E-state index in [0.717, 1.165) is 12.8 Å². The standard InChI is InChI=1S/C14H19N3O3/c1-10(9-18)5-4-7-15-13-12(14(19)20)17-8-3-2-6-11(17)16-13/h2-3,6,8,10,15,18H,4-5,7,9H2,1H3,(H,19,20). The van der Waals surface area contributed by atoms with Crippen LogP contribution in [0.15, 0.2) is 24.4 Å². The van der Waals surface area contributed by atoms with E-state index in [-0.39, 0.29) is 18.2 Å². The molecular weight excluding hydrogens is 258 g/mol. The third kappa shape index (κ3) is 3.08. The van der Waals surface area contributed by atoms with Gasteiger partial charge in [0, 0.05) is 19.3 Å². The molecule has 0 radical (unpaired) electrons. The van der Waals surface area contributed by atoms with Crippen molar-refractivity contribution in [3.63, 3.8) is 0 Å². The maximum Gasteiger partial charge on any atom is 0.356 e.